The Balaban J connectivity index is 2.15. The highest BCUT2D eigenvalue weighted by molar-refractivity contribution is 6.04. The molecule has 0 radical (unpaired) electrons. The molecule has 0 aliphatic heterocycles. The van der Waals surface area contributed by atoms with E-state index < -0.39 is 17.6 Å². The summed E-state index contributed by atoms with van der Waals surface area (Å²) < 4.78 is 37.3. The van der Waals surface area contributed by atoms with Gasteiger partial charge in [-0.2, -0.15) is 13.2 Å². The average Bonchev–Trinajstić information content (AvgIpc) is 2.42. The number of benzene rings is 2. The van der Waals surface area contributed by atoms with Crippen molar-refractivity contribution in [2.75, 3.05) is 5.32 Å². The summed E-state index contributed by atoms with van der Waals surface area (Å²) in [7, 11) is 0. The minimum atomic E-state index is -4.43. The summed E-state index contributed by atoms with van der Waals surface area (Å²) >= 11 is 0. The molecule has 110 valence electrons. The number of alkyl halides is 3. The maximum Gasteiger partial charge on any atom is 0.416 e. The van der Waals surface area contributed by atoms with Crippen molar-refractivity contribution >= 4 is 11.6 Å². The molecular weight excluding hydrogens is 283 g/mol. The van der Waals surface area contributed by atoms with Gasteiger partial charge in [0.25, 0.3) is 5.91 Å². The second kappa shape index (κ2) is 5.47. The predicted molar refractivity (Wildman–Crippen MR) is 72.2 cm³/mol. The van der Waals surface area contributed by atoms with E-state index in [4.69, 9.17) is 0 Å². The molecular formula is C15H12F3NO2. The van der Waals surface area contributed by atoms with Crippen molar-refractivity contribution in [2.45, 2.75) is 13.1 Å². The Hall–Kier alpha value is -2.50. The summed E-state index contributed by atoms with van der Waals surface area (Å²) in [5.41, 5.74) is 0.306. The molecule has 0 fully saturated rings. The van der Waals surface area contributed by atoms with Crippen LogP contribution in [0.15, 0.2) is 42.5 Å². The quantitative estimate of drug-likeness (QED) is 0.880. The van der Waals surface area contributed by atoms with Crippen molar-refractivity contribution in [3.05, 3.63) is 59.2 Å². The molecule has 2 aromatic rings. The lowest BCUT2D eigenvalue weighted by atomic mass is 10.1. The summed E-state index contributed by atoms with van der Waals surface area (Å²) in [5.74, 6) is -0.521. The smallest absolute Gasteiger partial charge is 0.416 e. The SMILES string of the molecule is Cc1ccc(NC(=O)c2ccc(C(F)(F)F)cc2)cc1O. The largest absolute Gasteiger partial charge is 0.508 e. The number of carbonyl (C=O) groups is 1. The Morgan fingerprint density at radius 2 is 1.71 bits per heavy atom. The number of rotatable bonds is 2. The van der Waals surface area contributed by atoms with E-state index in [1.165, 1.54) is 6.07 Å². The van der Waals surface area contributed by atoms with Crippen molar-refractivity contribution in [3.8, 4) is 5.75 Å². The topological polar surface area (TPSA) is 49.3 Å². The van der Waals surface area contributed by atoms with Gasteiger partial charge in [0.15, 0.2) is 0 Å². The molecule has 0 aromatic heterocycles. The lowest BCUT2D eigenvalue weighted by Crippen LogP contribution is -2.12. The van der Waals surface area contributed by atoms with Gasteiger partial charge < -0.3 is 10.4 Å². The van der Waals surface area contributed by atoms with Crippen LogP contribution in [-0.2, 0) is 6.18 Å². The van der Waals surface area contributed by atoms with Crippen molar-refractivity contribution in [1.29, 1.82) is 0 Å². The molecule has 2 N–H and O–H groups in total. The highest BCUT2D eigenvalue weighted by atomic mass is 19.4. The summed E-state index contributed by atoms with van der Waals surface area (Å²) in [6, 6.07) is 8.49. The summed E-state index contributed by atoms with van der Waals surface area (Å²) in [4.78, 5) is 11.9. The molecule has 0 saturated carbocycles. The molecule has 21 heavy (non-hydrogen) atoms. The van der Waals surface area contributed by atoms with Crippen LogP contribution in [0.4, 0.5) is 18.9 Å². The van der Waals surface area contributed by atoms with Gasteiger partial charge in [0.2, 0.25) is 0 Å². The van der Waals surface area contributed by atoms with Gasteiger partial charge >= 0.3 is 6.18 Å². The Bertz CT molecular complexity index is 664. The van der Waals surface area contributed by atoms with E-state index in [1.54, 1.807) is 19.1 Å². The molecule has 0 spiro atoms. The molecule has 0 aliphatic rings. The van der Waals surface area contributed by atoms with Gasteiger partial charge in [-0.3, -0.25) is 4.79 Å². The fraction of sp³-hybridized carbons (Fsp3) is 0.133. The van der Waals surface area contributed by atoms with Gasteiger partial charge in [-0.1, -0.05) is 6.07 Å². The Morgan fingerprint density at radius 3 is 2.24 bits per heavy atom. The molecule has 0 saturated heterocycles. The first kappa shape index (κ1) is 14.9. The van der Waals surface area contributed by atoms with Gasteiger partial charge in [-0.15, -0.1) is 0 Å². The number of nitrogens with one attached hydrogen (secondary N) is 1. The molecule has 2 rings (SSSR count). The van der Waals surface area contributed by atoms with E-state index in [0.717, 1.165) is 24.3 Å². The number of hydrogen-bond acceptors (Lipinski definition) is 2. The number of halogens is 3. The number of aryl methyl sites for hydroxylation is 1. The normalized spacial score (nSPS) is 11.2. The number of carbonyl (C=O) groups excluding carboxylic acids is 1. The van der Waals surface area contributed by atoms with Crippen LogP contribution >= 0.6 is 0 Å². The average molecular weight is 295 g/mol. The van der Waals surface area contributed by atoms with Crippen LogP contribution in [0.5, 0.6) is 5.75 Å². The first-order chi connectivity index (χ1) is 9.77. The van der Waals surface area contributed by atoms with Crippen molar-refractivity contribution in [2.24, 2.45) is 0 Å². The van der Waals surface area contributed by atoms with Crippen LogP contribution in [0, 0.1) is 6.92 Å². The van der Waals surface area contributed by atoms with E-state index in [1.807, 2.05) is 0 Å². The van der Waals surface area contributed by atoms with Crippen molar-refractivity contribution in [3.63, 3.8) is 0 Å². The van der Waals surface area contributed by atoms with E-state index in [-0.39, 0.29) is 11.3 Å². The third kappa shape index (κ3) is 3.53. The zero-order chi connectivity index (χ0) is 15.6. The van der Waals surface area contributed by atoms with Gasteiger partial charge in [-0.05, 0) is 42.8 Å². The molecule has 0 heterocycles. The number of phenolic OH excluding ortho intramolecular Hbond substituents is 1. The van der Waals surface area contributed by atoms with Gasteiger partial charge in [0.05, 0.1) is 5.56 Å². The van der Waals surface area contributed by atoms with Gasteiger partial charge in [0.1, 0.15) is 5.75 Å². The molecule has 3 nitrogen and oxygen atoms in total. The van der Waals surface area contributed by atoms with E-state index in [9.17, 15) is 23.1 Å². The molecule has 0 atom stereocenters. The summed E-state index contributed by atoms with van der Waals surface area (Å²) in [5, 5.41) is 12.0. The minimum Gasteiger partial charge on any atom is -0.508 e. The first-order valence-corrected chi connectivity index (χ1v) is 6.05. The monoisotopic (exact) mass is 295 g/mol. The maximum absolute atomic E-state index is 12.4. The van der Waals surface area contributed by atoms with Crippen LogP contribution in [0.2, 0.25) is 0 Å². The zero-order valence-corrected chi connectivity index (χ0v) is 11.0. The standard InChI is InChI=1S/C15H12F3NO2/c1-9-2-7-12(8-13(9)20)19-14(21)10-3-5-11(6-4-10)15(16,17)18/h2-8,20H,1H3,(H,19,21). The molecule has 0 aliphatic carbocycles. The van der Waals surface area contributed by atoms with Crippen LogP contribution in [0.3, 0.4) is 0 Å². The van der Waals surface area contributed by atoms with Crippen LogP contribution in [-0.4, -0.2) is 11.0 Å². The highest BCUT2D eigenvalue weighted by Gasteiger charge is 2.30. The number of amides is 1. The molecule has 0 unspecified atom stereocenters. The van der Waals surface area contributed by atoms with Crippen LogP contribution in [0.25, 0.3) is 0 Å². The first-order valence-electron chi connectivity index (χ1n) is 6.05. The Kier molecular flexibility index (Phi) is 3.88. The number of aromatic hydroxyl groups is 1. The van der Waals surface area contributed by atoms with E-state index >= 15 is 0 Å². The second-order valence-corrected chi connectivity index (χ2v) is 4.53. The molecule has 2 aromatic carbocycles. The molecule has 1 amide bonds. The lowest BCUT2D eigenvalue weighted by molar-refractivity contribution is -0.137. The van der Waals surface area contributed by atoms with Crippen molar-refractivity contribution in [1.82, 2.24) is 0 Å². The number of hydrogen-bond donors (Lipinski definition) is 2. The fourth-order valence-corrected chi connectivity index (χ4v) is 1.70. The van der Waals surface area contributed by atoms with E-state index in [0.29, 0.717) is 11.3 Å². The maximum atomic E-state index is 12.4. The van der Waals surface area contributed by atoms with Crippen LogP contribution < -0.4 is 5.32 Å². The number of anilines is 1. The fourth-order valence-electron chi connectivity index (χ4n) is 1.70. The van der Waals surface area contributed by atoms with Gasteiger partial charge in [-0.25, -0.2) is 0 Å². The highest BCUT2D eigenvalue weighted by Crippen LogP contribution is 2.29. The molecule has 0 bridgehead atoms. The summed E-state index contributed by atoms with van der Waals surface area (Å²) in [6.07, 6.45) is -4.43. The van der Waals surface area contributed by atoms with Crippen LogP contribution in [0.1, 0.15) is 21.5 Å². The van der Waals surface area contributed by atoms with Gasteiger partial charge in [0, 0.05) is 17.3 Å². The summed E-state index contributed by atoms with van der Waals surface area (Å²) in [6.45, 7) is 1.71. The number of phenols is 1. The second-order valence-electron chi connectivity index (χ2n) is 4.53. The Labute approximate surface area is 119 Å². The minimum absolute atomic E-state index is 0.0280. The third-order valence-corrected chi connectivity index (χ3v) is 2.94. The predicted octanol–water partition coefficient (Wildman–Crippen LogP) is 3.97. The zero-order valence-electron chi connectivity index (χ0n) is 11.0. The third-order valence-electron chi connectivity index (χ3n) is 2.94. The van der Waals surface area contributed by atoms with Crippen molar-refractivity contribution < 1.29 is 23.1 Å². The molecule has 6 heteroatoms. The lowest BCUT2D eigenvalue weighted by Gasteiger charge is -2.09. The Morgan fingerprint density at radius 1 is 1.10 bits per heavy atom. The van der Waals surface area contributed by atoms with E-state index in [2.05, 4.69) is 5.32 Å².